The predicted octanol–water partition coefficient (Wildman–Crippen LogP) is 1.60. The lowest BCUT2D eigenvalue weighted by Crippen LogP contribution is -2.68. The van der Waals surface area contributed by atoms with Gasteiger partial charge in [-0.2, -0.15) is 0 Å². The maximum atomic E-state index is 12.8. The van der Waals surface area contributed by atoms with E-state index < -0.39 is 17.6 Å². The van der Waals surface area contributed by atoms with Crippen LogP contribution in [-0.2, 0) is 4.79 Å². The number of carboxylic acid groups (broad SMARTS) is 1. The van der Waals surface area contributed by atoms with Gasteiger partial charge in [0.2, 0.25) is 0 Å². The minimum absolute atomic E-state index is 0.238. The zero-order chi connectivity index (χ0) is 8.28. The first-order valence-corrected chi connectivity index (χ1v) is 3.88. The minimum atomic E-state index is -0.830. The summed E-state index contributed by atoms with van der Waals surface area (Å²) in [5.41, 5.74) is -0.751. The summed E-state index contributed by atoms with van der Waals surface area (Å²) >= 11 is 0. The monoisotopic (exact) mass is 158 g/mol. The van der Waals surface area contributed by atoms with Crippen molar-refractivity contribution in [2.45, 2.75) is 32.4 Å². The SMILES string of the molecule is CC(F)C12CC(C(=O)O)(C1)C2. The number of hydrogen-bond donors (Lipinski definition) is 1. The second kappa shape index (κ2) is 1.59. The molecule has 2 bridgehead atoms. The van der Waals surface area contributed by atoms with E-state index in [1.807, 2.05) is 0 Å². The molecule has 1 atom stereocenters. The maximum absolute atomic E-state index is 12.8. The summed E-state index contributed by atoms with van der Waals surface area (Å²) < 4.78 is 12.8. The fourth-order valence-corrected chi connectivity index (χ4v) is 2.52. The number of alkyl halides is 1. The molecule has 3 rings (SSSR count). The van der Waals surface area contributed by atoms with Crippen LogP contribution in [-0.4, -0.2) is 17.2 Å². The molecule has 3 heteroatoms. The molecular formula is C8H11FO2. The molecule has 0 spiro atoms. The fourth-order valence-electron chi connectivity index (χ4n) is 2.52. The largest absolute Gasteiger partial charge is 0.481 e. The third-order valence-electron chi connectivity index (χ3n) is 3.37. The van der Waals surface area contributed by atoms with Crippen molar-refractivity contribution in [1.82, 2.24) is 0 Å². The first-order chi connectivity index (χ1) is 5.01. The molecule has 3 aliphatic carbocycles. The summed E-state index contributed by atoms with van der Waals surface area (Å²) in [5.74, 6) is -0.736. The number of carbonyl (C=O) groups is 1. The van der Waals surface area contributed by atoms with Crippen molar-refractivity contribution in [1.29, 1.82) is 0 Å². The number of halogens is 1. The van der Waals surface area contributed by atoms with Crippen LogP contribution < -0.4 is 0 Å². The van der Waals surface area contributed by atoms with Gasteiger partial charge in [-0.25, -0.2) is 4.39 Å². The highest BCUT2D eigenvalue weighted by molar-refractivity contribution is 5.79. The van der Waals surface area contributed by atoms with Crippen LogP contribution in [0.2, 0.25) is 0 Å². The molecule has 3 fully saturated rings. The van der Waals surface area contributed by atoms with Gasteiger partial charge in [-0.3, -0.25) is 4.79 Å². The van der Waals surface area contributed by atoms with E-state index in [1.165, 1.54) is 6.92 Å². The number of hydrogen-bond acceptors (Lipinski definition) is 1. The molecule has 62 valence electrons. The fraction of sp³-hybridized carbons (Fsp3) is 0.875. The summed E-state index contributed by atoms with van der Waals surface area (Å²) in [4.78, 5) is 10.6. The molecule has 0 heterocycles. The van der Waals surface area contributed by atoms with E-state index in [0.29, 0.717) is 19.3 Å². The number of rotatable bonds is 2. The Hall–Kier alpha value is -0.600. The summed E-state index contributed by atoms with van der Waals surface area (Å²) in [6.07, 6.45) is 0.858. The lowest BCUT2D eigenvalue weighted by molar-refractivity contribution is -0.241. The van der Waals surface area contributed by atoms with Crippen molar-refractivity contribution in [3.63, 3.8) is 0 Å². The second-order valence-electron chi connectivity index (χ2n) is 4.09. The minimum Gasteiger partial charge on any atom is -0.481 e. The molecule has 0 aromatic carbocycles. The van der Waals surface area contributed by atoms with E-state index >= 15 is 0 Å². The Morgan fingerprint density at radius 3 is 2.27 bits per heavy atom. The summed E-state index contributed by atoms with van der Waals surface area (Å²) in [7, 11) is 0. The van der Waals surface area contributed by atoms with E-state index in [9.17, 15) is 9.18 Å². The van der Waals surface area contributed by atoms with Gasteiger partial charge in [0.05, 0.1) is 5.41 Å². The van der Waals surface area contributed by atoms with Gasteiger partial charge >= 0.3 is 5.97 Å². The van der Waals surface area contributed by atoms with Crippen LogP contribution in [0.25, 0.3) is 0 Å². The Balaban J connectivity index is 2.04. The van der Waals surface area contributed by atoms with Gasteiger partial charge in [-0.1, -0.05) is 0 Å². The topological polar surface area (TPSA) is 37.3 Å². The molecule has 1 unspecified atom stereocenters. The van der Waals surface area contributed by atoms with Crippen LogP contribution in [0.5, 0.6) is 0 Å². The molecule has 0 aliphatic heterocycles. The van der Waals surface area contributed by atoms with Crippen molar-refractivity contribution in [2.75, 3.05) is 0 Å². The van der Waals surface area contributed by atoms with Crippen molar-refractivity contribution in [3.8, 4) is 0 Å². The van der Waals surface area contributed by atoms with E-state index in [0.717, 1.165) is 0 Å². The molecule has 0 aromatic heterocycles. The third kappa shape index (κ3) is 0.596. The van der Waals surface area contributed by atoms with E-state index in [4.69, 9.17) is 5.11 Å². The van der Waals surface area contributed by atoms with Gasteiger partial charge in [0.1, 0.15) is 6.17 Å². The van der Waals surface area contributed by atoms with Crippen molar-refractivity contribution in [3.05, 3.63) is 0 Å². The highest BCUT2D eigenvalue weighted by Crippen LogP contribution is 2.75. The van der Waals surface area contributed by atoms with Crippen molar-refractivity contribution < 1.29 is 14.3 Å². The molecular weight excluding hydrogens is 147 g/mol. The Kier molecular flexibility index (Phi) is 1.02. The van der Waals surface area contributed by atoms with Crippen LogP contribution in [0.4, 0.5) is 4.39 Å². The van der Waals surface area contributed by atoms with E-state index in [2.05, 4.69) is 0 Å². The van der Waals surface area contributed by atoms with Gasteiger partial charge in [-0.15, -0.1) is 0 Å². The normalized spacial score (nSPS) is 48.9. The van der Waals surface area contributed by atoms with Crippen LogP contribution in [0.15, 0.2) is 0 Å². The molecule has 11 heavy (non-hydrogen) atoms. The molecule has 0 radical (unpaired) electrons. The van der Waals surface area contributed by atoms with Gasteiger partial charge < -0.3 is 5.11 Å². The van der Waals surface area contributed by atoms with Gasteiger partial charge in [0.15, 0.2) is 0 Å². The Labute approximate surface area is 64.4 Å². The molecule has 0 aromatic rings. The average Bonchev–Trinajstić information content (AvgIpc) is 1.51. The van der Waals surface area contributed by atoms with Gasteiger partial charge in [-0.05, 0) is 26.2 Å². The predicted molar refractivity (Wildman–Crippen MR) is 36.9 cm³/mol. The maximum Gasteiger partial charge on any atom is 0.309 e. The zero-order valence-electron chi connectivity index (χ0n) is 6.43. The molecule has 3 aliphatic rings. The van der Waals surface area contributed by atoms with Gasteiger partial charge in [0, 0.05) is 5.41 Å². The van der Waals surface area contributed by atoms with Crippen LogP contribution in [0.3, 0.4) is 0 Å². The first kappa shape index (κ1) is 7.07. The quantitative estimate of drug-likeness (QED) is 0.662. The second-order valence-corrected chi connectivity index (χ2v) is 4.09. The number of carboxylic acids is 1. The van der Waals surface area contributed by atoms with E-state index in [-0.39, 0.29) is 5.41 Å². The van der Waals surface area contributed by atoms with Crippen molar-refractivity contribution in [2.24, 2.45) is 10.8 Å². The summed E-state index contributed by atoms with van der Waals surface area (Å²) in [6, 6.07) is 0. The average molecular weight is 158 g/mol. The lowest BCUT2D eigenvalue weighted by Gasteiger charge is -2.68. The van der Waals surface area contributed by atoms with E-state index in [1.54, 1.807) is 0 Å². The molecule has 2 nitrogen and oxygen atoms in total. The van der Waals surface area contributed by atoms with Crippen LogP contribution >= 0.6 is 0 Å². The molecule has 3 saturated carbocycles. The number of aliphatic carboxylic acids is 1. The molecule has 0 saturated heterocycles. The van der Waals surface area contributed by atoms with Crippen LogP contribution in [0, 0.1) is 10.8 Å². The Morgan fingerprint density at radius 2 is 2.00 bits per heavy atom. The zero-order valence-corrected chi connectivity index (χ0v) is 6.43. The van der Waals surface area contributed by atoms with Gasteiger partial charge in [0.25, 0.3) is 0 Å². The Morgan fingerprint density at radius 1 is 1.55 bits per heavy atom. The molecule has 1 N–H and O–H groups in total. The summed E-state index contributed by atoms with van der Waals surface area (Å²) in [6.45, 7) is 1.53. The third-order valence-corrected chi connectivity index (χ3v) is 3.37. The molecule has 0 amide bonds. The Bertz CT molecular complexity index is 202. The van der Waals surface area contributed by atoms with Crippen molar-refractivity contribution >= 4 is 5.97 Å². The lowest BCUT2D eigenvalue weighted by atomic mass is 9.34. The highest BCUT2D eigenvalue weighted by atomic mass is 19.1. The highest BCUT2D eigenvalue weighted by Gasteiger charge is 2.73. The smallest absolute Gasteiger partial charge is 0.309 e. The summed E-state index contributed by atoms with van der Waals surface area (Å²) in [5, 5.41) is 8.70. The first-order valence-electron chi connectivity index (χ1n) is 3.88. The van der Waals surface area contributed by atoms with Crippen LogP contribution in [0.1, 0.15) is 26.2 Å². The standard InChI is InChI=1S/C8H11FO2/c1-5(9)7-2-8(3-7,4-7)6(10)11/h5H,2-4H2,1H3,(H,10,11).